The highest BCUT2D eigenvalue weighted by Gasteiger charge is 2.12. The number of hydrogen-bond donors (Lipinski definition) is 2. The van der Waals surface area contributed by atoms with Crippen LogP contribution < -0.4 is 10.5 Å². The fraction of sp³-hybridized carbons (Fsp3) is 0.889. The van der Waals surface area contributed by atoms with Gasteiger partial charge in [-0.3, -0.25) is 4.79 Å². The van der Waals surface area contributed by atoms with Crippen molar-refractivity contribution in [3.63, 3.8) is 0 Å². The van der Waals surface area contributed by atoms with Gasteiger partial charge in [0.1, 0.15) is 5.78 Å². The molecule has 0 aromatic rings. The van der Waals surface area contributed by atoms with Gasteiger partial charge in [-0.15, -0.1) is 0 Å². The molecule has 0 aliphatic rings. The number of unbranched alkanes of at least 4 members (excludes halogenated alkanes) is 1. The Morgan fingerprint density at radius 3 is 2.62 bits per heavy atom. The summed E-state index contributed by atoms with van der Waals surface area (Å²) in [5.41, 5.74) is 0. The van der Waals surface area contributed by atoms with Crippen molar-refractivity contribution in [1.82, 2.24) is 10.5 Å². The lowest BCUT2D eigenvalue weighted by Crippen LogP contribution is -2.34. The second kappa shape index (κ2) is 8.26. The highest BCUT2D eigenvalue weighted by molar-refractivity contribution is 6.06. The molecule has 13 heavy (non-hydrogen) atoms. The molecule has 0 heterocycles. The average molecular weight is 184 g/mol. The lowest BCUT2D eigenvalue weighted by atomic mass is 10.0. The van der Waals surface area contributed by atoms with Gasteiger partial charge < -0.3 is 10.5 Å². The molecule has 0 bridgehead atoms. The van der Waals surface area contributed by atoms with Crippen LogP contribution >= 0.6 is 0 Å². The topological polar surface area (TPSA) is 41.1 Å². The Morgan fingerprint density at radius 2 is 2.15 bits per heavy atom. The fourth-order valence-corrected chi connectivity index (χ4v) is 1.36. The zero-order valence-electron chi connectivity index (χ0n) is 9.02. The monoisotopic (exact) mass is 184 g/mol. The van der Waals surface area contributed by atoms with E-state index in [0.29, 0.717) is 12.2 Å². The molecule has 0 fully saturated rings. The summed E-state index contributed by atoms with van der Waals surface area (Å²) in [6.07, 6.45) is 3.85. The van der Waals surface area contributed by atoms with Crippen molar-refractivity contribution in [2.45, 2.75) is 38.6 Å². The van der Waals surface area contributed by atoms with Gasteiger partial charge in [0.2, 0.25) is 0 Å². The summed E-state index contributed by atoms with van der Waals surface area (Å²) in [4.78, 5) is 11.3. The molecular weight excluding hydrogens is 163 g/mol. The Balaban J connectivity index is 3.53. The molecule has 0 spiro atoms. The van der Waals surface area contributed by atoms with Crippen LogP contribution in [0.4, 0.5) is 0 Å². The number of hydrogen-bond acceptors (Lipinski definition) is 3. The first-order valence-corrected chi connectivity index (χ1v) is 5.10. The highest BCUT2D eigenvalue weighted by Crippen LogP contribution is 2.02. The minimum absolute atomic E-state index is 0.0712. The van der Waals surface area contributed by atoms with Gasteiger partial charge in [0, 0.05) is 6.42 Å². The molecule has 0 saturated carbocycles. The third-order valence-corrected chi connectivity index (χ3v) is 2.26. The van der Waals surface area contributed by atoms with Gasteiger partial charge in [-0.1, -0.05) is 13.3 Å². The number of nitrogens with one attached hydrogen (secondary N) is 2. The summed E-state index contributed by atoms with van der Waals surface area (Å²) in [6, 6.07) is 0.0712. The van der Waals surface area contributed by atoms with Gasteiger partial charge in [-0.25, -0.2) is 0 Å². The van der Waals surface area contributed by atoms with E-state index in [1.54, 1.807) is 0 Å². The van der Waals surface area contributed by atoms with Crippen LogP contribution in [0.2, 0.25) is 0 Å². The predicted molar refractivity (Wildman–Crippen MR) is 58.5 cm³/mol. The molecule has 0 amide bonds. The van der Waals surface area contributed by atoms with E-state index in [4.69, 9.17) is 0 Å². The minimum Gasteiger partial charge on any atom is -0.353 e. The van der Waals surface area contributed by atoms with E-state index in [9.17, 15) is 4.79 Å². The Labute approximate surface area is 82.1 Å². The second-order valence-electron chi connectivity index (χ2n) is 3.26. The van der Waals surface area contributed by atoms with Crippen molar-refractivity contribution in [3.05, 3.63) is 0 Å². The van der Waals surface area contributed by atoms with Crippen LogP contribution in [0.15, 0.2) is 0 Å². The predicted octanol–water partition coefficient (Wildman–Crippen LogP) is -0.139. The normalized spacial score (nSPS) is 12.8. The van der Waals surface area contributed by atoms with Crippen molar-refractivity contribution in [2.75, 3.05) is 13.6 Å². The van der Waals surface area contributed by atoms with Crippen LogP contribution in [0.1, 0.15) is 32.6 Å². The fourth-order valence-electron chi connectivity index (χ4n) is 1.36. The van der Waals surface area contributed by atoms with Crippen LogP contribution in [0, 0.1) is 0 Å². The van der Waals surface area contributed by atoms with Gasteiger partial charge >= 0.3 is 0 Å². The van der Waals surface area contributed by atoms with E-state index in [1.807, 2.05) is 22.0 Å². The third-order valence-electron chi connectivity index (χ3n) is 2.26. The number of ketones is 1. The molecule has 76 valence electrons. The second-order valence-corrected chi connectivity index (χ2v) is 3.26. The Kier molecular flexibility index (Phi) is 8.04. The molecular formula is C9H21BN2O. The lowest BCUT2D eigenvalue weighted by Gasteiger charge is -2.13. The van der Waals surface area contributed by atoms with E-state index < -0.39 is 0 Å². The molecule has 0 radical (unpaired) electrons. The minimum atomic E-state index is 0.0712. The molecule has 2 N–H and O–H groups in total. The molecule has 3 nitrogen and oxygen atoms in total. The molecule has 0 aromatic carbocycles. The van der Waals surface area contributed by atoms with Crippen LogP contribution in [-0.2, 0) is 4.79 Å². The van der Waals surface area contributed by atoms with Crippen molar-refractivity contribution < 1.29 is 4.79 Å². The first-order valence-electron chi connectivity index (χ1n) is 5.10. The van der Waals surface area contributed by atoms with Crippen molar-refractivity contribution >= 4 is 13.8 Å². The summed E-state index contributed by atoms with van der Waals surface area (Å²) in [7, 11) is 3.81. The Morgan fingerprint density at radius 1 is 1.46 bits per heavy atom. The molecule has 0 aliphatic heterocycles. The maximum atomic E-state index is 11.3. The molecule has 0 aliphatic carbocycles. The average Bonchev–Trinajstić information content (AvgIpc) is 2.17. The zero-order chi connectivity index (χ0) is 10.1. The largest absolute Gasteiger partial charge is 0.353 e. The van der Waals surface area contributed by atoms with Crippen LogP contribution in [0.25, 0.3) is 0 Å². The van der Waals surface area contributed by atoms with Gasteiger partial charge in [0.15, 0.2) is 7.98 Å². The van der Waals surface area contributed by atoms with E-state index in [-0.39, 0.29) is 6.04 Å². The summed E-state index contributed by atoms with van der Waals surface area (Å²) in [5, 5.41) is 6.16. The lowest BCUT2D eigenvalue weighted by molar-refractivity contribution is -0.120. The smallest absolute Gasteiger partial charge is 0.182 e. The van der Waals surface area contributed by atoms with Gasteiger partial charge in [-0.05, 0) is 26.4 Å². The summed E-state index contributed by atoms with van der Waals surface area (Å²) < 4.78 is 0. The van der Waals surface area contributed by atoms with E-state index >= 15 is 0 Å². The first-order chi connectivity index (χ1) is 6.26. The van der Waals surface area contributed by atoms with Crippen LogP contribution in [0.5, 0.6) is 0 Å². The van der Waals surface area contributed by atoms with E-state index in [2.05, 4.69) is 10.5 Å². The number of carbonyl (C=O) groups is 1. The van der Waals surface area contributed by atoms with E-state index in [0.717, 1.165) is 25.8 Å². The summed E-state index contributed by atoms with van der Waals surface area (Å²) in [6.45, 7) is 2.96. The highest BCUT2D eigenvalue weighted by atomic mass is 16.1. The third kappa shape index (κ3) is 5.83. The molecule has 4 heteroatoms. The zero-order valence-corrected chi connectivity index (χ0v) is 9.02. The maximum absolute atomic E-state index is 11.3. The van der Waals surface area contributed by atoms with Gasteiger partial charge in [0.05, 0.1) is 6.04 Å². The van der Waals surface area contributed by atoms with Crippen molar-refractivity contribution in [3.8, 4) is 0 Å². The molecule has 0 rings (SSSR count). The SMILES string of the molecule is BNC(CCCCNC)C(=O)CC. The number of rotatable bonds is 8. The van der Waals surface area contributed by atoms with E-state index in [1.165, 1.54) is 0 Å². The summed E-state index contributed by atoms with van der Waals surface area (Å²) >= 11 is 0. The quantitative estimate of drug-likeness (QED) is 0.407. The molecule has 1 atom stereocenters. The van der Waals surface area contributed by atoms with Gasteiger partial charge in [0.25, 0.3) is 0 Å². The number of carbonyl (C=O) groups excluding carboxylic acids is 1. The Bertz CT molecular complexity index is 142. The Hall–Kier alpha value is -0.345. The maximum Gasteiger partial charge on any atom is 0.182 e. The van der Waals surface area contributed by atoms with Crippen LogP contribution in [0.3, 0.4) is 0 Å². The van der Waals surface area contributed by atoms with Crippen molar-refractivity contribution in [2.24, 2.45) is 0 Å². The summed E-state index contributed by atoms with van der Waals surface area (Å²) in [5.74, 6) is 0.326. The number of Topliss-reactive ketones (excluding diaryl/α,β-unsaturated/α-hetero) is 1. The molecule has 0 aromatic heterocycles. The van der Waals surface area contributed by atoms with Crippen LogP contribution in [-0.4, -0.2) is 33.4 Å². The van der Waals surface area contributed by atoms with Crippen molar-refractivity contribution in [1.29, 1.82) is 0 Å². The van der Waals surface area contributed by atoms with Gasteiger partial charge in [-0.2, -0.15) is 0 Å². The standard InChI is InChI=1S/C9H21BN2O/c1-3-9(13)8(12-10)6-4-5-7-11-2/h8,11-12H,3-7,10H2,1-2H3. The first kappa shape index (κ1) is 12.7. The molecule has 0 saturated heterocycles. The molecule has 1 unspecified atom stereocenters.